The third-order valence-electron chi connectivity index (χ3n) is 3.89. The predicted octanol–water partition coefficient (Wildman–Crippen LogP) is 4.54. The Labute approximate surface area is 154 Å². The Hall–Kier alpha value is -2.44. The van der Waals surface area contributed by atoms with Crippen LogP contribution in [0.25, 0.3) is 22.3 Å². The number of aryl methyl sites for hydroxylation is 1. The molecule has 0 radical (unpaired) electrons. The molecule has 0 atom stereocenters. The zero-order chi connectivity index (χ0) is 17.4. The van der Waals surface area contributed by atoms with Gasteiger partial charge >= 0.3 is 0 Å². The van der Waals surface area contributed by atoms with Gasteiger partial charge in [-0.2, -0.15) is 0 Å². The summed E-state index contributed by atoms with van der Waals surface area (Å²) >= 11 is 7.76. The molecule has 124 valence electrons. The van der Waals surface area contributed by atoms with Crippen molar-refractivity contribution in [3.05, 3.63) is 59.4 Å². The van der Waals surface area contributed by atoms with Gasteiger partial charge in [0.05, 0.1) is 10.5 Å². The highest BCUT2D eigenvalue weighted by Crippen LogP contribution is 2.33. The molecule has 0 amide bonds. The number of benzene rings is 2. The van der Waals surface area contributed by atoms with E-state index in [0.717, 1.165) is 32.5 Å². The molecule has 0 saturated carbocycles. The molecule has 7 heteroatoms. The minimum atomic E-state index is 0.651. The van der Waals surface area contributed by atoms with Crippen LogP contribution in [0.2, 0.25) is 5.02 Å². The number of hydrogen-bond acceptors (Lipinski definition) is 5. The average Bonchev–Trinajstić information content (AvgIpc) is 2.96. The fraction of sp³-hybridized carbons (Fsp3) is 0.111. The first-order valence-corrected chi connectivity index (χ1v) is 8.86. The number of fused-ring (bicyclic) bond motifs is 1. The van der Waals surface area contributed by atoms with Gasteiger partial charge in [0.2, 0.25) is 0 Å². The maximum atomic E-state index is 6.29. The van der Waals surface area contributed by atoms with Crippen LogP contribution in [0.5, 0.6) is 0 Å². The van der Waals surface area contributed by atoms with E-state index in [1.54, 1.807) is 6.33 Å². The number of rotatable bonds is 3. The van der Waals surface area contributed by atoms with Crippen molar-refractivity contribution in [1.29, 1.82) is 0 Å². The van der Waals surface area contributed by atoms with Crippen LogP contribution in [0.4, 0.5) is 0 Å². The smallest absolute Gasteiger partial charge is 0.197 e. The van der Waals surface area contributed by atoms with Crippen molar-refractivity contribution in [2.24, 2.45) is 7.05 Å². The lowest BCUT2D eigenvalue weighted by Crippen LogP contribution is -1.96. The van der Waals surface area contributed by atoms with Crippen LogP contribution in [0, 0.1) is 6.92 Å². The lowest BCUT2D eigenvalue weighted by molar-refractivity contribution is 0.792. The monoisotopic (exact) mass is 367 g/mol. The van der Waals surface area contributed by atoms with Gasteiger partial charge in [-0.15, -0.1) is 10.2 Å². The van der Waals surface area contributed by atoms with Crippen molar-refractivity contribution in [2.75, 3.05) is 0 Å². The Morgan fingerprint density at radius 2 is 1.88 bits per heavy atom. The van der Waals surface area contributed by atoms with Crippen LogP contribution >= 0.6 is 23.4 Å². The van der Waals surface area contributed by atoms with Gasteiger partial charge in [-0.3, -0.25) is 0 Å². The minimum Gasteiger partial charge on any atom is -0.305 e. The summed E-state index contributed by atoms with van der Waals surface area (Å²) in [6.45, 7) is 2.05. The van der Waals surface area contributed by atoms with Crippen molar-refractivity contribution in [3.8, 4) is 11.4 Å². The summed E-state index contributed by atoms with van der Waals surface area (Å²) in [6, 6.07) is 13.7. The summed E-state index contributed by atoms with van der Waals surface area (Å²) in [5.41, 5.74) is 2.94. The number of aromatic nitrogens is 5. The number of nitrogens with zero attached hydrogens (tertiary/aromatic N) is 5. The zero-order valence-corrected chi connectivity index (χ0v) is 15.2. The van der Waals surface area contributed by atoms with Crippen LogP contribution < -0.4 is 0 Å². The second kappa shape index (κ2) is 6.46. The fourth-order valence-electron chi connectivity index (χ4n) is 2.60. The van der Waals surface area contributed by atoms with E-state index in [4.69, 9.17) is 11.6 Å². The Bertz CT molecular complexity index is 1080. The van der Waals surface area contributed by atoms with Gasteiger partial charge in [0.1, 0.15) is 11.4 Å². The first-order valence-electron chi connectivity index (χ1n) is 7.67. The number of hydrogen-bond donors (Lipinski definition) is 0. The summed E-state index contributed by atoms with van der Waals surface area (Å²) in [4.78, 5) is 8.76. The maximum Gasteiger partial charge on any atom is 0.197 e. The first-order chi connectivity index (χ1) is 12.1. The van der Waals surface area contributed by atoms with E-state index in [1.807, 2.05) is 48.0 Å². The van der Waals surface area contributed by atoms with Crippen LogP contribution in [0.15, 0.2) is 59.0 Å². The van der Waals surface area contributed by atoms with E-state index in [9.17, 15) is 0 Å². The lowest BCUT2D eigenvalue weighted by Gasteiger charge is -2.07. The topological polar surface area (TPSA) is 56.5 Å². The van der Waals surface area contributed by atoms with E-state index in [-0.39, 0.29) is 0 Å². The highest BCUT2D eigenvalue weighted by Gasteiger charge is 2.16. The number of halogens is 1. The van der Waals surface area contributed by atoms with Gasteiger partial charge < -0.3 is 4.57 Å². The van der Waals surface area contributed by atoms with E-state index in [2.05, 4.69) is 33.2 Å². The predicted molar refractivity (Wildman–Crippen MR) is 99.8 cm³/mol. The van der Waals surface area contributed by atoms with Gasteiger partial charge in [0.25, 0.3) is 0 Å². The minimum absolute atomic E-state index is 0.651. The van der Waals surface area contributed by atoms with Gasteiger partial charge in [0, 0.05) is 18.0 Å². The summed E-state index contributed by atoms with van der Waals surface area (Å²) < 4.78 is 1.93. The second-order valence-electron chi connectivity index (χ2n) is 5.65. The molecule has 0 bridgehead atoms. The maximum absolute atomic E-state index is 6.29. The quantitative estimate of drug-likeness (QED) is 0.497. The van der Waals surface area contributed by atoms with Crippen LogP contribution in [0.3, 0.4) is 0 Å². The van der Waals surface area contributed by atoms with Gasteiger partial charge in [-0.1, -0.05) is 35.4 Å². The standard InChI is InChI=1S/C18H14ClN5S/c1-11-7-8-15-13(9-11)17(21-10-20-15)25-18-23-22-16(24(18)2)12-5-3-4-6-14(12)19/h3-10H,1-2H3. The summed E-state index contributed by atoms with van der Waals surface area (Å²) in [7, 11) is 1.93. The molecule has 4 rings (SSSR count). The van der Waals surface area contributed by atoms with Crippen molar-refractivity contribution < 1.29 is 0 Å². The second-order valence-corrected chi connectivity index (χ2v) is 7.01. The molecule has 0 aliphatic rings. The third-order valence-corrected chi connectivity index (χ3v) is 5.28. The van der Waals surface area contributed by atoms with Crippen molar-refractivity contribution in [2.45, 2.75) is 17.1 Å². The molecule has 4 aromatic rings. The highest BCUT2D eigenvalue weighted by atomic mass is 35.5. The normalized spacial score (nSPS) is 11.2. The van der Waals surface area contributed by atoms with E-state index in [1.165, 1.54) is 17.3 Å². The lowest BCUT2D eigenvalue weighted by atomic mass is 10.2. The first kappa shape index (κ1) is 16.1. The SMILES string of the molecule is Cc1ccc2ncnc(Sc3nnc(-c4ccccc4Cl)n3C)c2c1. The summed E-state index contributed by atoms with van der Waals surface area (Å²) in [6.07, 6.45) is 1.57. The van der Waals surface area contributed by atoms with Gasteiger partial charge in [-0.05, 0) is 43.0 Å². The van der Waals surface area contributed by atoms with E-state index in [0.29, 0.717) is 5.02 Å². The Kier molecular flexibility index (Phi) is 4.15. The van der Waals surface area contributed by atoms with E-state index < -0.39 is 0 Å². The molecule has 0 saturated heterocycles. The Balaban J connectivity index is 1.76. The molecule has 0 aliphatic heterocycles. The van der Waals surface area contributed by atoms with E-state index >= 15 is 0 Å². The molecular formula is C18H14ClN5S. The molecular weight excluding hydrogens is 354 g/mol. The molecule has 0 aliphatic carbocycles. The summed E-state index contributed by atoms with van der Waals surface area (Å²) in [5, 5.41) is 11.9. The Morgan fingerprint density at radius 1 is 1.04 bits per heavy atom. The van der Waals surface area contributed by atoms with Crippen molar-refractivity contribution in [1.82, 2.24) is 24.7 Å². The molecule has 0 unspecified atom stereocenters. The molecule has 25 heavy (non-hydrogen) atoms. The molecule has 5 nitrogen and oxygen atoms in total. The zero-order valence-electron chi connectivity index (χ0n) is 13.6. The average molecular weight is 368 g/mol. The largest absolute Gasteiger partial charge is 0.305 e. The van der Waals surface area contributed by atoms with Crippen LogP contribution in [-0.2, 0) is 7.05 Å². The van der Waals surface area contributed by atoms with Gasteiger partial charge in [0.15, 0.2) is 11.0 Å². The van der Waals surface area contributed by atoms with Crippen LogP contribution in [0.1, 0.15) is 5.56 Å². The molecule has 2 aromatic carbocycles. The third kappa shape index (κ3) is 2.99. The molecule has 0 N–H and O–H groups in total. The van der Waals surface area contributed by atoms with Gasteiger partial charge in [-0.25, -0.2) is 9.97 Å². The summed E-state index contributed by atoms with van der Waals surface area (Å²) in [5.74, 6) is 0.725. The molecule has 2 aromatic heterocycles. The Morgan fingerprint density at radius 3 is 2.72 bits per heavy atom. The fourth-order valence-corrected chi connectivity index (χ4v) is 3.67. The van der Waals surface area contributed by atoms with Crippen LogP contribution in [-0.4, -0.2) is 24.7 Å². The molecule has 0 spiro atoms. The molecule has 0 fully saturated rings. The van der Waals surface area contributed by atoms with Crippen molar-refractivity contribution in [3.63, 3.8) is 0 Å². The highest BCUT2D eigenvalue weighted by molar-refractivity contribution is 7.99. The molecule has 2 heterocycles. The van der Waals surface area contributed by atoms with Crippen molar-refractivity contribution >= 4 is 34.3 Å².